The zero-order valence-electron chi connectivity index (χ0n) is 10.9. The zero-order valence-corrected chi connectivity index (χ0v) is 13.3. The minimum atomic E-state index is 0.106. The first-order valence-electron chi connectivity index (χ1n) is 5.86. The molecule has 0 aliphatic rings. The summed E-state index contributed by atoms with van der Waals surface area (Å²) < 4.78 is 1.11. The van der Waals surface area contributed by atoms with Gasteiger partial charge in [-0.05, 0) is 46.6 Å². The van der Waals surface area contributed by atoms with Gasteiger partial charge in [0.2, 0.25) is 0 Å². The number of thiophene rings is 1. The number of rotatable bonds is 4. The molecule has 19 heavy (non-hydrogen) atoms. The number of aryl methyl sites for hydroxylation is 1. The summed E-state index contributed by atoms with van der Waals surface area (Å²) in [5.74, 6) is 0.106. The van der Waals surface area contributed by atoms with E-state index in [-0.39, 0.29) is 5.84 Å². The molecule has 2 rings (SSSR count). The van der Waals surface area contributed by atoms with Crippen LogP contribution in [0, 0.1) is 12.3 Å². The van der Waals surface area contributed by atoms with Gasteiger partial charge >= 0.3 is 0 Å². The molecular weight excluding hydrogens is 322 g/mol. The highest BCUT2D eigenvalue weighted by Gasteiger charge is 2.11. The van der Waals surface area contributed by atoms with Gasteiger partial charge in [-0.25, -0.2) is 0 Å². The van der Waals surface area contributed by atoms with E-state index in [1.807, 2.05) is 26.1 Å². The van der Waals surface area contributed by atoms with E-state index < -0.39 is 0 Å². The maximum Gasteiger partial charge on any atom is 0.124 e. The fourth-order valence-corrected chi connectivity index (χ4v) is 3.44. The molecule has 0 saturated heterocycles. The fourth-order valence-electron chi connectivity index (χ4n) is 1.94. The van der Waals surface area contributed by atoms with Crippen molar-refractivity contribution in [2.45, 2.75) is 13.5 Å². The van der Waals surface area contributed by atoms with Gasteiger partial charge in [-0.1, -0.05) is 6.07 Å². The Labute approximate surface area is 125 Å². The molecule has 1 heterocycles. The molecule has 0 amide bonds. The fraction of sp³-hybridized carbons (Fsp3) is 0.214. The Morgan fingerprint density at radius 3 is 2.74 bits per heavy atom. The third kappa shape index (κ3) is 3.36. The van der Waals surface area contributed by atoms with Gasteiger partial charge in [0.15, 0.2) is 0 Å². The second kappa shape index (κ2) is 5.75. The average Bonchev–Trinajstić information content (AvgIpc) is 2.74. The van der Waals surface area contributed by atoms with Crippen molar-refractivity contribution < 1.29 is 0 Å². The molecule has 100 valence electrons. The van der Waals surface area contributed by atoms with Crippen molar-refractivity contribution in [1.29, 1.82) is 5.41 Å². The Hall–Kier alpha value is -1.33. The molecule has 0 fully saturated rings. The van der Waals surface area contributed by atoms with Crippen molar-refractivity contribution in [2.24, 2.45) is 5.73 Å². The summed E-state index contributed by atoms with van der Waals surface area (Å²) in [6.07, 6.45) is 0. The van der Waals surface area contributed by atoms with Crippen molar-refractivity contribution in [1.82, 2.24) is 0 Å². The van der Waals surface area contributed by atoms with Gasteiger partial charge in [0.05, 0.1) is 6.54 Å². The number of benzene rings is 1. The number of nitrogen functional groups attached to an aromatic ring is 1. The number of nitrogens with one attached hydrogen (secondary N) is 1. The molecule has 0 unspecified atom stereocenters. The van der Waals surface area contributed by atoms with Gasteiger partial charge < -0.3 is 10.6 Å². The highest BCUT2D eigenvalue weighted by Crippen LogP contribution is 2.26. The predicted octanol–water partition coefficient (Wildman–Crippen LogP) is 3.74. The van der Waals surface area contributed by atoms with Crippen LogP contribution in [0.25, 0.3) is 0 Å². The smallest absolute Gasteiger partial charge is 0.124 e. The highest BCUT2D eigenvalue weighted by molar-refractivity contribution is 9.10. The Morgan fingerprint density at radius 2 is 2.16 bits per heavy atom. The van der Waals surface area contributed by atoms with E-state index in [0.717, 1.165) is 22.3 Å². The van der Waals surface area contributed by atoms with Crippen LogP contribution in [-0.2, 0) is 6.54 Å². The van der Waals surface area contributed by atoms with Crippen molar-refractivity contribution in [3.05, 3.63) is 50.1 Å². The van der Waals surface area contributed by atoms with Crippen LogP contribution in [0.3, 0.4) is 0 Å². The van der Waals surface area contributed by atoms with Crippen LogP contribution in [0.15, 0.2) is 34.1 Å². The summed E-state index contributed by atoms with van der Waals surface area (Å²) >= 11 is 5.18. The molecule has 3 N–H and O–H groups in total. The van der Waals surface area contributed by atoms with Gasteiger partial charge in [-0.3, -0.25) is 5.41 Å². The largest absolute Gasteiger partial charge is 0.384 e. The lowest BCUT2D eigenvalue weighted by atomic mass is 10.1. The van der Waals surface area contributed by atoms with Crippen molar-refractivity contribution >= 4 is 38.8 Å². The summed E-state index contributed by atoms with van der Waals surface area (Å²) in [5.41, 5.74) is 8.60. The molecule has 5 heteroatoms. The molecule has 0 bridgehead atoms. The minimum absolute atomic E-state index is 0.106. The molecule has 0 aliphatic heterocycles. The number of halogens is 1. The molecule has 0 atom stereocenters. The summed E-state index contributed by atoms with van der Waals surface area (Å²) in [4.78, 5) is 3.40. The van der Waals surface area contributed by atoms with E-state index in [0.29, 0.717) is 0 Å². The second-order valence-electron chi connectivity index (χ2n) is 4.52. The third-order valence-corrected chi connectivity index (χ3v) is 4.55. The Morgan fingerprint density at radius 1 is 1.42 bits per heavy atom. The standard InChI is InChI=1S/C14H16BrN3S/c1-9-3-4-12(14(16)17)13(5-9)18(2)7-11-6-10(15)8-19-11/h3-6,8H,7H2,1-2H3,(H3,16,17). The molecule has 2 aromatic rings. The van der Waals surface area contributed by atoms with Crippen molar-refractivity contribution in [2.75, 3.05) is 11.9 Å². The van der Waals surface area contributed by atoms with Crippen LogP contribution in [0.2, 0.25) is 0 Å². The average molecular weight is 338 g/mol. The maximum atomic E-state index is 7.67. The molecule has 0 radical (unpaired) electrons. The topological polar surface area (TPSA) is 53.1 Å². The first kappa shape index (κ1) is 14.1. The Kier molecular flexibility index (Phi) is 4.27. The summed E-state index contributed by atoms with van der Waals surface area (Å²) in [5, 5.41) is 9.74. The van der Waals surface area contributed by atoms with E-state index in [9.17, 15) is 0 Å². The third-order valence-electron chi connectivity index (χ3n) is 2.87. The molecule has 1 aromatic heterocycles. The van der Waals surface area contributed by atoms with Crippen LogP contribution >= 0.6 is 27.3 Å². The number of hydrogen-bond acceptors (Lipinski definition) is 3. The lowest BCUT2D eigenvalue weighted by molar-refractivity contribution is 0.936. The zero-order chi connectivity index (χ0) is 14.0. The predicted molar refractivity (Wildman–Crippen MR) is 86.3 cm³/mol. The number of hydrogen-bond donors (Lipinski definition) is 2. The van der Waals surface area contributed by atoms with Gasteiger partial charge in [0.25, 0.3) is 0 Å². The Bertz CT molecular complexity index is 606. The monoisotopic (exact) mass is 337 g/mol. The number of nitrogens with zero attached hydrogens (tertiary/aromatic N) is 1. The van der Waals surface area contributed by atoms with Gasteiger partial charge in [-0.15, -0.1) is 11.3 Å². The van der Waals surface area contributed by atoms with Crippen LogP contribution in [0.5, 0.6) is 0 Å². The molecule has 3 nitrogen and oxygen atoms in total. The van der Waals surface area contributed by atoms with Gasteiger partial charge in [0.1, 0.15) is 5.84 Å². The normalized spacial score (nSPS) is 10.5. The molecule has 0 aliphatic carbocycles. The highest BCUT2D eigenvalue weighted by atomic mass is 79.9. The SMILES string of the molecule is Cc1ccc(C(=N)N)c(N(C)Cc2cc(Br)cs2)c1. The lowest BCUT2D eigenvalue weighted by Crippen LogP contribution is -2.21. The van der Waals surface area contributed by atoms with E-state index in [4.69, 9.17) is 11.1 Å². The van der Waals surface area contributed by atoms with E-state index >= 15 is 0 Å². The minimum Gasteiger partial charge on any atom is -0.384 e. The summed E-state index contributed by atoms with van der Waals surface area (Å²) in [7, 11) is 2.02. The first-order valence-corrected chi connectivity index (χ1v) is 7.53. The summed E-state index contributed by atoms with van der Waals surface area (Å²) in [6, 6.07) is 8.08. The molecular formula is C14H16BrN3S. The number of nitrogens with two attached hydrogens (primary N) is 1. The Balaban J connectivity index is 2.29. The quantitative estimate of drug-likeness (QED) is 0.659. The summed E-state index contributed by atoms with van der Waals surface area (Å²) in [6.45, 7) is 2.85. The number of anilines is 1. The van der Waals surface area contributed by atoms with E-state index in [1.54, 1.807) is 11.3 Å². The van der Waals surface area contributed by atoms with Crippen LogP contribution in [0.4, 0.5) is 5.69 Å². The van der Waals surface area contributed by atoms with Crippen LogP contribution in [-0.4, -0.2) is 12.9 Å². The molecule has 0 saturated carbocycles. The van der Waals surface area contributed by atoms with Gasteiger partial charge in [0, 0.05) is 33.0 Å². The maximum absolute atomic E-state index is 7.67. The lowest BCUT2D eigenvalue weighted by Gasteiger charge is -2.22. The van der Waals surface area contributed by atoms with Crippen LogP contribution < -0.4 is 10.6 Å². The first-order chi connectivity index (χ1) is 8.97. The van der Waals surface area contributed by atoms with E-state index in [1.165, 1.54) is 10.4 Å². The van der Waals surface area contributed by atoms with Crippen molar-refractivity contribution in [3.8, 4) is 0 Å². The van der Waals surface area contributed by atoms with Crippen LogP contribution in [0.1, 0.15) is 16.0 Å². The second-order valence-corrected chi connectivity index (χ2v) is 6.43. The van der Waals surface area contributed by atoms with Gasteiger partial charge in [-0.2, -0.15) is 0 Å². The van der Waals surface area contributed by atoms with E-state index in [2.05, 4.69) is 38.3 Å². The molecule has 0 spiro atoms. The molecule has 1 aromatic carbocycles. The van der Waals surface area contributed by atoms with Crippen molar-refractivity contribution in [3.63, 3.8) is 0 Å². The number of amidine groups is 1.